The van der Waals surface area contributed by atoms with Crippen molar-refractivity contribution >= 4 is 29.7 Å². The molecule has 1 atom stereocenters. The van der Waals surface area contributed by atoms with Crippen LogP contribution in [0.5, 0.6) is 0 Å². The Morgan fingerprint density at radius 2 is 2.44 bits per heavy atom. The van der Waals surface area contributed by atoms with E-state index in [0.29, 0.717) is 6.54 Å². The van der Waals surface area contributed by atoms with Gasteiger partial charge in [0.2, 0.25) is 0 Å². The first-order valence-electron chi connectivity index (χ1n) is 5.14. The van der Waals surface area contributed by atoms with E-state index in [1.807, 2.05) is 11.8 Å². The maximum Gasteiger partial charge on any atom is 0.265 e. The van der Waals surface area contributed by atoms with Gasteiger partial charge in [-0.1, -0.05) is 0 Å². The maximum absolute atomic E-state index is 12.0. The third-order valence-electron chi connectivity index (χ3n) is 2.58. The van der Waals surface area contributed by atoms with E-state index in [-0.39, 0.29) is 24.4 Å². The number of carbonyl (C=O) groups is 1. The average Bonchev–Trinajstić information content (AvgIpc) is 2.64. The molecule has 4 nitrogen and oxygen atoms in total. The Hall–Kier alpha value is -0.650. The molecule has 0 bridgehead atoms. The normalized spacial score (nSPS) is 20.4. The van der Waals surface area contributed by atoms with Crippen LogP contribution < -0.4 is 5.73 Å². The van der Waals surface area contributed by atoms with Gasteiger partial charge in [0, 0.05) is 19.1 Å². The second-order valence-corrected chi connectivity index (χ2v) is 5.13. The minimum atomic E-state index is 0. The highest BCUT2D eigenvalue weighted by atomic mass is 35.5. The molecule has 2 rings (SSSR count). The third-order valence-corrected chi connectivity index (χ3v) is 3.48. The number of rotatable bonds is 1. The Morgan fingerprint density at radius 3 is 3.00 bits per heavy atom. The molecule has 0 aromatic carbocycles. The summed E-state index contributed by atoms with van der Waals surface area (Å²) in [5.41, 5.74) is 5.84. The summed E-state index contributed by atoms with van der Waals surface area (Å²) in [5, 5.41) is 0.930. The van der Waals surface area contributed by atoms with E-state index in [9.17, 15) is 4.79 Å². The van der Waals surface area contributed by atoms with E-state index in [0.717, 1.165) is 29.3 Å². The van der Waals surface area contributed by atoms with Crippen LogP contribution in [-0.2, 0) is 0 Å². The molecule has 0 saturated carbocycles. The van der Waals surface area contributed by atoms with Crippen LogP contribution in [0.4, 0.5) is 0 Å². The van der Waals surface area contributed by atoms with E-state index >= 15 is 0 Å². The van der Waals surface area contributed by atoms with Crippen molar-refractivity contribution in [2.45, 2.75) is 25.8 Å². The number of nitrogens with two attached hydrogens (primary N) is 1. The largest absolute Gasteiger partial charge is 0.336 e. The molecule has 2 heterocycles. The van der Waals surface area contributed by atoms with Crippen LogP contribution in [0.15, 0.2) is 6.20 Å². The number of amides is 1. The highest BCUT2D eigenvalue weighted by Crippen LogP contribution is 2.17. The molecule has 2 N–H and O–H groups in total. The molecule has 1 saturated heterocycles. The quantitative estimate of drug-likeness (QED) is 0.832. The van der Waals surface area contributed by atoms with Gasteiger partial charge in [-0.25, -0.2) is 4.98 Å². The van der Waals surface area contributed by atoms with Crippen molar-refractivity contribution in [3.8, 4) is 0 Å². The molecule has 0 aliphatic carbocycles. The lowest BCUT2D eigenvalue weighted by Gasteiger charge is -2.30. The highest BCUT2D eigenvalue weighted by molar-refractivity contribution is 7.13. The molecule has 0 radical (unpaired) electrons. The summed E-state index contributed by atoms with van der Waals surface area (Å²) < 4.78 is 0. The van der Waals surface area contributed by atoms with E-state index in [1.54, 1.807) is 6.20 Å². The first kappa shape index (κ1) is 13.4. The number of hydrogen-bond donors (Lipinski definition) is 1. The van der Waals surface area contributed by atoms with Crippen LogP contribution >= 0.6 is 23.7 Å². The molecule has 6 heteroatoms. The molecule has 1 aliphatic heterocycles. The van der Waals surface area contributed by atoms with Gasteiger partial charge in [0.05, 0.1) is 11.2 Å². The van der Waals surface area contributed by atoms with Crippen molar-refractivity contribution in [2.75, 3.05) is 13.1 Å². The van der Waals surface area contributed by atoms with Crippen LogP contribution in [0.25, 0.3) is 0 Å². The van der Waals surface area contributed by atoms with Crippen molar-refractivity contribution in [2.24, 2.45) is 5.73 Å². The number of aromatic nitrogens is 1. The summed E-state index contributed by atoms with van der Waals surface area (Å²) >= 11 is 1.45. The molecular weight excluding hydrogens is 246 g/mol. The zero-order chi connectivity index (χ0) is 10.8. The lowest BCUT2D eigenvalue weighted by atomic mass is 10.1. The molecule has 1 aliphatic rings. The minimum absolute atomic E-state index is 0. The first-order valence-corrected chi connectivity index (χ1v) is 5.96. The zero-order valence-corrected chi connectivity index (χ0v) is 10.8. The zero-order valence-electron chi connectivity index (χ0n) is 9.18. The van der Waals surface area contributed by atoms with Gasteiger partial charge >= 0.3 is 0 Å². The smallest absolute Gasteiger partial charge is 0.265 e. The Morgan fingerprint density at radius 1 is 1.69 bits per heavy atom. The number of aryl methyl sites for hydroxylation is 1. The number of piperidine rings is 1. The molecule has 16 heavy (non-hydrogen) atoms. The number of thiazole rings is 1. The maximum atomic E-state index is 12.0. The van der Waals surface area contributed by atoms with Gasteiger partial charge in [-0.15, -0.1) is 23.7 Å². The van der Waals surface area contributed by atoms with E-state index in [4.69, 9.17) is 5.73 Å². The Labute approximate surface area is 105 Å². The fraction of sp³-hybridized carbons (Fsp3) is 0.600. The molecule has 1 aromatic heterocycles. The predicted molar refractivity (Wildman–Crippen MR) is 67.2 cm³/mol. The summed E-state index contributed by atoms with van der Waals surface area (Å²) in [6.45, 7) is 3.41. The summed E-state index contributed by atoms with van der Waals surface area (Å²) in [7, 11) is 0. The average molecular weight is 262 g/mol. The topological polar surface area (TPSA) is 59.2 Å². The van der Waals surface area contributed by atoms with Gasteiger partial charge < -0.3 is 10.6 Å². The monoisotopic (exact) mass is 261 g/mol. The summed E-state index contributed by atoms with van der Waals surface area (Å²) in [4.78, 5) is 18.6. The van der Waals surface area contributed by atoms with E-state index in [2.05, 4.69) is 4.98 Å². The van der Waals surface area contributed by atoms with Crippen molar-refractivity contribution in [3.05, 3.63) is 16.1 Å². The van der Waals surface area contributed by atoms with Crippen LogP contribution in [0.3, 0.4) is 0 Å². The van der Waals surface area contributed by atoms with E-state index in [1.165, 1.54) is 11.3 Å². The summed E-state index contributed by atoms with van der Waals surface area (Å²) in [5.74, 6) is 0.0794. The Bertz CT molecular complexity index is 369. The van der Waals surface area contributed by atoms with Crippen molar-refractivity contribution in [3.63, 3.8) is 0 Å². The predicted octanol–water partition coefficient (Wildman–Crippen LogP) is 1.44. The fourth-order valence-corrected chi connectivity index (χ4v) is 2.56. The number of hydrogen-bond acceptors (Lipinski definition) is 4. The Balaban J connectivity index is 0.00000128. The van der Waals surface area contributed by atoms with Crippen LogP contribution in [0.1, 0.15) is 27.5 Å². The van der Waals surface area contributed by atoms with Crippen molar-refractivity contribution in [1.29, 1.82) is 0 Å². The molecule has 0 spiro atoms. The van der Waals surface area contributed by atoms with Gasteiger partial charge in [-0.2, -0.15) is 0 Å². The highest BCUT2D eigenvalue weighted by Gasteiger charge is 2.23. The van der Waals surface area contributed by atoms with Gasteiger partial charge in [0.1, 0.15) is 4.88 Å². The van der Waals surface area contributed by atoms with Crippen molar-refractivity contribution in [1.82, 2.24) is 9.88 Å². The van der Waals surface area contributed by atoms with Gasteiger partial charge in [0.15, 0.2) is 0 Å². The SMILES string of the molecule is Cc1ncc(C(=O)N2CCC[C@@H](N)C2)s1.Cl. The first-order chi connectivity index (χ1) is 7.16. The molecule has 0 unspecified atom stereocenters. The molecule has 90 valence electrons. The van der Waals surface area contributed by atoms with Crippen LogP contribution in [0, 0.1) is 6.92 Å². The minimum Gasteiger partial charge on any atom is -0.336 e. The lowest BCUT2D eigenvalue weighted by Crippen LogP contribution is -2.45. The lowest BCUT2D eigenvalue weighted by molar-refractivity contribution is 0.0713. The summed E-state index contributed by atoms with van der Waals surface area (Å²) in [6, 6.07) is 0.136. The molecule has 1 fully saturated rings. The standard InChI is InChI=1S/C10H15N3OS.ClH/c1-7-12-5-9(15-7)10(14)13-4-2-3-8(11)6-13;/h5,8H,2-4,6,11H2,1H3;1H/t8-;/m1./s1. The fourth-order valence-electron chi connectivity index (χ4n) is 1.81. The van der Waals surface area contributed by atoms with Crippen LogP contribution in [-0.4, -0.2) is 34.9 Å². The van der Waals surface area contributed by atoms with Gasteiger partial charge in [-0.05, 0) is 19.8 Å². The number of nitrogens with zero attached hydrogens (tertiary/aromatic N) is 2. The number of carbonyl (C=O) groups excluding carboxylic acids is 1. The van der Waals surface area contributed by atoms with E-state index < -0.39 is 0 Å². The summed E-state index contributed by atoms with van der Waals surface area (Å²) in [6.07, 6.45) is 3.68. The van der Waals surface area contributed by atoms with Crippen molar-refractivity contribution < 1.29 is 4.79 Å². The van der Waals surface area contributed by atoms with Gasteiger partial charge in [0.25, 0.3) is 5.91 Å². The molecule has 1 amide bonds. The second kappa shape index (κ2) is 5.61. The number of likely N-dealkylation sites (tertiary alicyclic amines) is 1. The Kier molecular flexibility index (Phi) is 4.70. The third kappa shape index (κ3) is 2.93. The molecular formula is C10H16ClN3OS. The van der Waals surface area contributed by atoms with Gasteiger partial charge in [-0.3, -0.25) is 4.79 Å². The number of halogens is 1. The second-order valence-electron chi connectivity index (χ2n) is 3.90. The van der Waals surface area contributed by atoms with Crippen LogP contribution in [0.2, 0.25) is 0 Å². The molecule has 1 aromatic rings.